The molecule has 0 fully saturated rings. The fraction of sp³-hybridized carbons (Fsp3) is 0.250. The van der Waals surface area contributed by atoms with Crippen molar-refractivity contribution in [3.63, 3.8) is 0 Å². The van der Waals surface area contributed by atoms with Crippen molar-refractivity contribution in [2.45, 2.75) is 9.25 Å². The van der Waals surface area contributed by atoms with E-state index >= 15 is 0 Å². The number of benzene rings is 1. The molecule has 0 aliphatic heterocycles. The second kappa shape index (κ2) is 3.22. The highest BCUT2D eigenvalue weighted by molar-refractivity contribution is 14.1. The summed E-state index contributed by atoms with van der Waals surface area (Å²) < 4.78 is 0.0754. The lowest BCUT2D eigenvalue weighted by Crippen LogP contribution is -2.00. The predicted molar refractivity (Wildman–Crippen MR) is 56.7 cm³/mol. The number of halogens is 2. The monoisotopic (exact) mass is 310 g/mol. The molecule has 1 unspecified atom stereocenters. The first kappa shape index (κ1) is 8.53. The van der Waals surface area contributed by atoms with Crippen LogP contribution in [0.15, 0.2) is 30.3 Å². The Morgan fingerprint density at radius 2 is 1.80 bits per heavy atom. The Morgan fingerprint density at radius 3 is 2.10 bits per heavy atom. The highest BCUT2D eigenvalue weighted by Crippen LogP contribution is 2.37. The van der Waals surface area contributed by atoms with Gasteiger partial charge in [0.25, 0.3) is 0 Å². The molecule has 0 radical (unpaired) electrons. The third-order valence-electron chi connectivity index (χ3n) is 1.28. The van der Waals surface area contributed by atoms with Gasteiger partial charge in [-0.3, -0.25) is 0 Å². The molecule has 0 aliphatic rings. The molecular formula is C8H8BrI. The second-order valence-corrected chi connectivity index (χ2v) is 7.48. The Bertz CT molecular complexity index is 200. The quantitative estimate of drug-likeness (QED) is 0.548. The van der Waals surface area contributed by atoms with Gasteiger partial charge in [-0.05, 0) is 12.5 Å². The largest absolute Gasteiger partial charge is 0.0989 e. The highest BCUT2D eigenvalue weighted by atomic mass is 127. The first-order chi connectivity index (χ1) is 4.61. The van der Waals surface area contributed by atoms with Crippen molar-refractivity contribution in [3.05, 3.63) is 35.9 Å². The van der Waals surface area contributed by atoms with Gasteiger partial charge in [-0.2, -0.15) is 0 Å². The van der Waals surface area contributed by atoms with Crippen molar-refractivity contribution in [1.82, 2.24) is 0 Å². The summed E-state index contributed by atoms with van der Waals surface area (Å²) in [6.07, 6.45) is 0. The van der Waals surface area contributed by atoms with E-state index in [4.69, 9.17) is 0 Å². The minimum absolute atomic E-state index is 0.0754. The number of rotatable bonds is 1. The Morgan fingerprint density at radius 1 is 1.30 bits per heavy atom. The molecule has 1 rings (SSSR count). The van der Waals surface area contributed by atoms with Crippen molar-refractivity contribution >= 4 is 38.5 Å². The van der Waals surface area contributed by atoms with E-state index < -0.39 is 0 Å². The number of alkyl halides is 2. The molecule has 0 spiro atoms. The molecule has 1 aromatic rings. The average molecular weight is 311 g/mol. The Kier molecular flexibility index (Phi) is 2.74. The van der Waals surface area contributed by atoms with Crippen molar-refractivity contribution in [2.24, 2.45) is 0 Å². The van der Waals surface area contributed by atoms with Crippen LogP contribution in [0.5, 0.6) is 0 Å². The topological polar surface area (TPSA) is 0 Å². The number of hydrogen-bond donors (Lipinski definition) is 0. The molecule has 1 atom stereocenters. The molecule has 0 bridgehead atoms. The van der Waals surface area contributed by atoms with Gasteiger partial charge in [-0.1, -0.05) is 68.9 Å². The van der Waals surface area contributed by atoms with Gasteiger partial charge in [-0.15, -0.1) is 0 Å². The van der Waals surface area contributed by atoms with Crippen molar-refractivity contribution in [2.75, 3.05) is 0 Å². The SMILES string of the molecule is CC(Br)(I)c1ccccc1. The molecule has 10 heavy (non-hydrogen) atoms. The summed E-state index contributed by atoms with van der Waals surface area (Å²) >= 11 is 5.93. The Balaban J connectivity index is 2.97. The summed E-state index contributed by atoms with van der Waals surface area (Å²) in [5, 5.41) is 0. The van der Waals surface area contributed by atoms with E-state index in [9.17, 15) is 0 Å². The van der Waals surface area contributed by atoms with Gasteiger partial charge in [0.05, 0.1) is 2.33 Å². The van der Waals surface area contributed by atoms with Crippen molar-refractivity contribution in [3.8, 4) is 0 Å². The lowest BCUT2D eigenvalue weighted by Gasteiger charge is -2.13. The van der Waals surface area contributed by atoms with Crippen LogP contribution in [0.3, 0.4) is 0 Å². The zero-order valence-electron chi connectivity index (χ0n) is 5.64. The minimum atomic E-state index is 0.0754. The smallest absolute Gasteiger partial charge is 0.0687 e. The van der Waals surface area contributed by atoms with Crippen LogP contribution in [-0.2, 0) is 2.33 Å². The van der Waals surface area contributed by atoms with Crippen LogP contribution in [0.25, 0.3) is 0 Å². The summed E-state index contributed by atoms with van der Waals surface area (Å²) in [6.45, 7) is 2.13. The Labute approximate surface area is 83.3 Å². The van der Waals surface area contributed by atoms with Crippen LogP contribution in [0, 0.1) is 0 Å². The van der Waals surface area contributed by atoms with Crippen LogP contribution in [0.1, 0.15) is 12.5 Å². The van der Waals surface area contributed by atoms with Crippen molar-refractivity contribution in [1.29, 1.82) is 0 Å². The first-order valence-electron chi connectivity index (χ1n) is 3.04. The lowest BCUT2D eigenvalue weighted by atomic mass is 10.2. The molecule has 0 N–H and O–H groups in total. The summed E-state index contributed by atoms with van der Waals surface area (Å²) in [7, 11) is 0. The van der Waals surface area contributed by atoms with E-state index in [-0.39, 0.29) is 2.33 Å². The summed E-state index contributed by atoms with van der Waals surface area (Å²) in [6, 6.07) is 10.3. The standard InChI is InChI=1S/C8H8BrI/c1-8(9,10)7-5-3-2-4-6-7/h2-6H,1H3. The van der Waals surface area contributed by atoms with Gasteiger partial charge < -0.3 is 0 Å². The zero-order valence-corrected chi connectivity index (χ0v) is 9.39. The molecule has 54 valence electrons. The van der Waals surface area contributed by atoms with Crippen LogP contribution in [0.4, 0.5) is 0 Å². The van der Waals surface area contributed by atoms with E-state index in [1.54, 1.807) is 0 Å². The molecule has 0 aromatic heterocycles. The molecule has 1 aromatic carbocycles. The maximum absolute atomic E-state index is 3.57. The van der Waals surface area contributed by atoms with Crippen LogP contribution in [-0.4, -0.2) is 0 Å². The summed E-state index contributed by atoms with van der Waals surface area (Å²) in [5.41, 5.74) is 1.30. The van der Waals surface area contributed by atoms with Gasteiger partial charge >= 0.3 is 0 Å². The fourth-order valence-corrected chi connectivity index (χ4v) is 1.35. The van der Waals surface area contributed by atoms with Gasteiger partial charge in [0.2, 0.25) is 0 Å². The fourth-order valence-electron chi connectivity index (χ4n) is 0.731. The normalized spacial score (nSPS) is 16.3. The highest BCUT2D eigenvalue weighted by Gasteiger charge is 2.16. The molecular weight excluding hydrogens is 303 g/mol. The van der Waals surface area contributed by atoms with Crippen LogP contribution < -0.4 is 0 Å². The van der Waals surface area contributed by atoms with Crippen LogP contribution in [0.2, 0.25) is 0 Å². The van der Waals surface area contributed by atoms with Crippen LogP contribution >= 0.6 is 38.5 Å². The third-order valence-corrected chi connectivity index (χ3v) is 2.36. The van der Waals surface area contributed by atoms with Crippen molar-refractivity contribution < 1.29 is 0 Å². The zero-order chi connectivity index (χ0) is 7.61. The van der Waals surface area contributed by atoms with Gasteiger partial charge in [-0.25, -0.2) is 0 Å². The first-order valence-corrected chi connectivity index (χ1v) is 4.91. The maximum atomic E-state index is 3.57. The van der Waals surface area contributed by atoms with Gasteiger partial charge in [0.1, 0.15) is 0 Å². The molecule has 0 nitrogen and oxygen atoms in total. The lowest BCUT2D eigenvalue weighted by molar-refractivity contribution is 1.08. The van der Waals surface area contributed by atoms with E-state index in [1.807, 2.05) is 18.2 Å². The molecule has 2 heteroatoms. The predicted octanol–water partition coefficient (Wildman–Crippen LogP) is 3.69. The summed E-state index contributed by atoms with van der Waals surface area (Å²) in [4.78, 5) is 0. The van der Waals surface area contributed by atoms with E-state index in [0.717, 1.165) is 0 Å². The molecule has 0 aliphatic carbocycles. The van der Waals surface area contributed by atoms with Gasteiger partial charge in [0, 0.05) is 0 Å². The maximum Gasteiger partial charge on any atom is 0.0989 e. The minimum Gasteiger partial charge on any atom is -0.0687 e. The Hall–Kier alpha value is 0.430. The van der Waals surface area contributed by atoms with E-state index in [2.05, 4.69) is 57.6 Å². The number of hydrogen-bond acceptors (Lipinski definition) is 0. The second-order valence-electron chi connectivity index (χ2n) is 2.25. The van der Waals surface area contributed by atoms with E-state index in [0.29, 0.717) is 0 Å². The molecule has 0 amide bonds. The third kappa shape index (κ3) is 2.23. The molecule has 0 heterocycles. The van der Waals surface area contributed by atoms with Gasteiger partial charge in [0.15, 0.2) is 0 Å². The van der Waals surface area contributed by atoms with E-state index in [1.165, 1.54) is 5.56 Å². The summed E-state index contributed by atoms with van der Waals surface area (Å²) in [5.74, 6) is 0. The average Bonchev–Trinajstić information content (AvgIpc) is 1.88. The molecule has 0 saturated heterocycles. The molecule has 0 saturated carbocycles.